The van der Waals surface area contributed by atoms with E-state index in [1.54, 1.807) is 24.3 Å². The summed E-state index contributed by atoms with van der Waals surface area (Å²) in [6.07, 6.45) is -0.170. The quantitative estimate of drug-likeness (QED) is 0.847. The highest BCUT2D eigenvalue weighted by molar-refractivity contribution is 7.88. The van der Waals surface area contributed by atoms with E-state index in [0.717, 1.165) is 0 Å². The maximum absolute atomic E-state index is 11.9. The van der Waals surface area contributed by atoms with Gasteiger partial charge in [-0.3, -0.25) is 0 Å². The number of benzene rings is 1. The summed E-state index contributed by atoms with van der Waals surface area (Å²) >= 11 is 5.94. The lowest BCUT2D eigenvalue weighted by molar-refractivity contribution is 0.0571. The van der Waals surface area contributed by atoms with Gasteiger partial charge in [-0.05, 0) is 23.5 Å². The second-order valence-electron chi connectivity index (χ2n) is 5.92. The van der Waals surface area contributed by atoms with Crippen molar-refractivity contribution in [2.24, 2.45) is 5.41 Å². The lowest BCUT2D eigenvalue weighted by Crippen LogP contribution is -2.33. The molecule has 20 heavy (non-hydrogen) atoms. The summed E-state index contributed by atoms with van der Waals surface area (Å²) in [5.74, 6) is -0.154. The van der Waals surface area contributed by atoms with Crippen LogP contribution in [0, 0.1) is 5.41 Å². The van der Waals surface area contributed by atoms with Gasteiger partial charge in [0.25, 0.3) is 0 Å². The Morgan fingerprint density at radius 2 is 1.90 bits per heavy atom. The van der Waals surface area contributed by atoms with E-state index < -0.39 is 16.1 Å². The van der Waals surface area contributed by atoms with Crippen molar-refractivity contribution >= 4 is 21.6 Å². The standard InChI is InChI=1S/C14H22ClNO3S/c1-14(2,3)13(17)8-9-16-20(18,19)10-11-6-4-5-7-12(11)15/h4-7,13,16-17H,8-10H2,1-3H3/t13-/m0/s1. The van der Waals surface area contributed by atoms with Gasteiger partial charge in [0, 0.05) is 11.6 Å². The topological polar surface area (TPSA) is 66.4 Å². The van der Waals surface area contributed by atoms with Gasteiger partial charge in [-0.25, -0.2) is 13.1 Å². The summed E-state index contributed by atoms with van der Waals surface area (Å²) in [4.78, 5) is 0. The smallest absolute Gasteiger partial charge is 0.215 e. The predicted octanol–water partition coefficient (Wildman–Crippen LogP) is 2.56. The third-order valence-electron chi connectivity index (χ3n) is 3.04. The third kappa shape index (κ3) is 5.79. The minimum Gasteiger partial charge on any atom is -0.393 e. The first-order valence-corrected chi connectivity index (χ1v) is 8.53. The van der Waals surface area contributed by atoms with Gasteiger partial charge in [0.2, 0.25) is 10.0 Å². The van der Waals surface area contributed by atoms with Crippen LogP contribution in [0.1, 0.15) is 32.8 Å². The number of hydrogen-bond donors (Lipinski definition) is 2. The second-order valence-corrected chi connectivity index (χ2v) is 8.13. The molecule has 0 spiro atoms. The molecule has 0 amide bonds. The van der Waals surface area contributed by atoms with Crippen molar-refractivity contribution in [3.63, 3.8) is 0 Å². The minimum atomic E-state index is -3.44. The first-order chi connectivity index (χ1) is 9.12. The Morgan fingerprint density at radius 1 is 1.30 bits per heavy atom. The van der Waals surface area contributed by atoms with E-state index in [1.807, 2.05) is 20.8 Å². The molecule has 1 aromatic rings. The number of aliphatic hydroxyl groups excluding tert-OH is 1. The van der Waals surface area contributed by atoms with Crippen molar-refractivity contribution < 1.29 is 13.5 Å². The van der Waals surface area contributed by atoms with Gasteiger partial charge < -0.3 is 5.11 Å². The highest BCUT2D eigenvalue weighted by atomic mass is 35.5. The Labute approximate surface area is 126 Å². The third-order valence-corrected chi connectivity index (χ3v) is 4.75. The molecule has 0 unspecified atom stereocenters. The average molecular weight is 320 g/mol. The average Bonchev–Trinajstić information content (AvgIpc) is 2.30. The Kier molecular flexibility index (Phi) is 6.01. The molecule has 0 radical (unpaired) electrons. The molecule has 114 valence electrons. The van der Waals surface area contributed by atoms with Gasteiger partial charge >= 0.3 is 0 Å². The molecule has 1 atom stereocenters. The van der Waals surface area contributed by atoms with Crippen LogP contribution in [0.4, 0.5) is 0 Å². The molecule has 0 heterocycles. The van der Waals surface area contributed by atoms with E-state index in [9.17, 15) is 13.5 Å². The molecule has 0 fully saturated rings. The van der Waals surface area contributed by atoms with Crippen LogP contribution in [-0.4, -0.2) is 26.2 Å². The monoisotopic (exact) mass is 319 g/mol. The fourth-order valence-electron chi connectivity index (χ4n) is 1.66. The summed E-state index contributed by atoms with van der Waals surface area (Å²) in [6.45, 7) is 5.95. The van der Waals surface area contributed by atoms with Gasteiger partial charge in [-0.15, -0.1) is 0 Å². The van der Waals surface area contributed by atoms with E-state index in [-0.39, 0.29) is 17.7 Å². The van der Waals surface area contributed by atoms with Gasteiger partial charge in [0.15, 0.2) is 0 Å². The van der Waals surface area contributed by atoms with Crippen LogP contribution in [0.2, 0.25) is 5.02 Å². The van der Waals surface area contributed by atoms with Crippen molar-refractivity contribution in [1.29, 1.82) is 0 Å². The van der Waals surface area contributed by atoms with Gasteiger partial charge in [0.05, 0.1) is 11.9 Å². The van der Waals surface area contributed by atoms with Gasteiger partial charge in [0.1, 0.15) is 0 Å². The highest BCUT2D eigenvalue weighted by Gasteiger charge is 2.22. The van der Waals surface area contributed by atoms with Crippen LogP contribution in [0.15, 0.2) is 24.3 Å². The number of nitrogens with one attached hydrogen (secondary N) is 1. The number of sulfonamides is 1. The number of rotatable bonds is 6. The zero-order valence-electron chi connectivity index (χ0n) is 12.1. The van der Waals surface area contributed by atoms with Gasteiger partial charge in [-0.2, -0.15) is 0 Å². The molecular weight excluding hydrogens is 298 g/mol. The molecular formula is C14H22ClNO3S. The Morgan fingerprint density at radius 3 is 2.45 bits per heavy atom. The lowest BCUT2D eigenvalue weighted by atomic mass is 9.87. The number of aliphatic hydroxyl groups is 1. The molecule has 1 aromatic carbocycles. The van der Waals surface area contributed by atoms with Gasteiger partial charge in [-0.1, -0.05) is 50.6 Å². The fraction of sp³-hybridized carbons (Fsp3) is 0.571. The summed E-state index contributed by atoms with van der Waals surface area (Å²) in [6, 6.07) is 6.85. The van der Waals surface area contributed by atoms with E-state index >= 15 is 0 Å². The van der Waals surface area contributed by atoms with Crippen molar-refractivity contribution in [3.05, 3.63) is 34.9 Å². The first-order valence-electron chi connectivity index (χ1n) is 6.50. The molecule has 6 heteroatoms. The molecule has 0 saturated carbocycles. The van der Waals surface area contributed by atoms with Crippen LogP contribution in [0.5, 0.6) is 0 Å². The Hall–Kier alpha value is -0.620. The van der Waals surface area contributed by atoms with E-state index in [2.05, 4.69) is 4.72 Å². The first kappa shape index (κ1) is 17.4. The molecule has 0 aliphatic heterocycles. The maximum Gasteiger partial charge on any atom is 0.215 e. The van der Waals surface area contributed by atoms with Crippen LogP contribution in [-0.2, 0) is 15.8 Å². The van der Waals surface area contributed by atoms with E-state index in [0.29, 0.717) is 17.0 Å². The predicted molar refractivity (Wildman–Crippen MR) is 82.2 cm³/mol. The summed E-state index contributed by atoms with van der Waals surface area (Å²) in [5.41, 5.74) is 0.312. The summed E-state index contributed by atoms with van der Waals surface area (Å²) in [5, 5.41) is 10.3. The van der Waals surface area contributed by atoms with E-state index in [4.69, 9.17) is 11.6 Å². The minimum absolute atomic E-state index is 0.154. The molecule has 0 aromatic heterocycles. The van der Waals surface area contributed by atoms with Crippen molar-refractivity contribution in [2.45, 2.75) is 39.0 Å². The molecule has 2 N–H and O–H groups in total. The van der Waals surface area contributed by atoms with Crippen LogP contribution in [0.3, 0.4) is 0 Å². The highest BCUT2D eigenvalue weighted by Crippen LogP contribution is 2.21. The number of hydrogen-bond acceptors (Lipinski definition) is 3. The van der Waals surface area contributed by atoms with Crippen LogP contribution >= 0.6 is 11.6 Å². The number of halogens is 1. The fourth-order valence-corrected chi connectivity index (χ4v) is 3.13. The molecule has 0 aliphatic carbocycles. The van der Waals surface area contributed by atoms with Crippen LogP contribution in [0.25, 0.3) is 0 Å². The molecule has 0 aliphatic rings. The normalized spacial score (nSPS) is 14.2. The SMILES string of the molecule is CC(C)(C)[C@@H](O)CCNS(=O)(=O)Cc1ccccc1Cl. The molecule has 0 saturated heterocycles. The molecule has 0 bridgehead atoms. The van der Waals surface area contributed by atoms with Crippen molar-refractivity contribution in [3.8, 4) is 0 Å². The lowest BCUT2D eigenvalue weighted by Gasteiger charge is -2.25. The van der Waals surface area contributed by atoms with Crippen molar-refractivity contribution in [2.75, 3.05) is 6.54 Å². The molecule has 4 nitrogen and oxygen atoms in total. The Bertz CT molecular complexity index is 538. The Balaban J connectivity index is 2.53. The summed E-state index contributed by atoms with van der Waals surface area (Å²) in [7, 11) is -3.44. The second kappa shape index (κ2) is 6.89. The molecule has 1 rings (SSSR count). The maximum atomic E-state index is 11.9. The zero-order chi connectivity index (χ0) is 15.4. The van der Waals surface area contributed by atoms with Crippen molar-refractivity contribution in [1.82, 2.24) is 4.72 Å². The van der Waals surface area contributed by atoms with E-state index in [1.165, 1.54) is 0 Å². The zero-order valence-corrected chi connectivity index (χ0v) is 13.6. The summed E-state index contributed by atoms with van der Waals surface area (Å²) < 4.78 is 26.4. The van der Waals surface area contributed by atoms with Crippen LogP contribution < -0.4 is 4.72 Å². The largest absolute Gasteiger partial charge is 0.393 e.